The Kier molecular flexibility index (Phi) is 3.84. The first kappa shape index (κ1) is 15.3. The first-order valence-electron chi connectivity index (χ1n) is 8.99. The van der Waals surface area contributed by atoms with Crippen LogP contribution in [-0.2, 0) is 7.05 Å². The van der Waals surface area contributed by atoms with Crippen molar-refractivity contribution in [2.75, 3.05) is 0 Å². The number of nitrogens with zero attached hydrogens (tertiary/aromatic N) is 2. The Bertz CT molecular complexity index is 905. The maximum atomic E-state index is 4.65. The van der Waals surface area contributed by atoms with Crippen LogP contribution in [0.3, 0.4) is 0 Å². The second-order valence-corrected chi connectivity index (χ2v) is 7.28. The SMILES string of the molecule is Cc1ccc(C)c(-c2c3cc(C4CCCC4)ccc3nc[n+]2C)c1. The van der Waals surface area contributed by atoms with Crippen molar-refractivity contribution in [1.82, 2.24) is 4.98 Å². The predicted molar refractivity (Wildman–Crippen MR) is 99.0 cm³/mol. The van der Waals surface area contributed by atoms with Crippen LogP contribution in [0.25, 0.3) is 22.2 Å². The molecule has 0 bridgehead atoms. The molecule has 1 saturated carbocycles. The summed E-state index contributed by atoms with van der Waals surface area (Å²) in [7, 11) is 2.10. The van der Waals surface area contributed by atoms with Crippen LogP contribution < -0.4 is 4.57 Å². The van der Waals surface area contributed by atoms with Gasteiger partial charge in [0.25, 0.3) is 6.33 Å². The summed E-state index contributed by atoms with van der Waals surface area (Å²) in [5, 5.41) is 1.28. The lowest BCUT2D eigenvalue weighted by atomic mass is 9.93. The number of hydrogen-bond acceptors (Lipinski definition) is 1. The van der Waals surface area contributed by atoms with Crippen LogP contribution in [-0.4, -0.2) is 4.98 Å². The van der Waals surface area contributed by atoms with Crippen molar-refractivity contribution >= 4 is 10.9 Å². The number of aromatic nitrogens is 2. The summed E-state index contributed by atoms with van der Waals surface area (Å²) in [6.45, 7) is 4.36. The molecule has 3 aromatic rings. The van der Waals surface area contributed by atoms with E-state index in [0.717, 1.165) is 11.4 Å². The molecule has 0 amide bonds. The minimum atomic E-state index is 0.728. The summed E-state index contributed by atoms with van der Waals surface area (Å²) in [6.07, 6.45) is 7.34. The molecule has 1 aliphatic carbocycles. The standard InChI is InChI=1S/C22H25N2/c1-15-8-9-16(2)19(12-15)22-20-13-18(17-6-4-5-7-17)10-11-21(20)23-14-24(22)3/h8-14,17H,4-7H2,1-3H3/q+1. The maximum Gasteiger partial charge on any atom is 0.287 e. The third-order valence-electron chi connectivity index (χ3n) is 5.47. The molecule has 4 rings (SSSR count). The fraction of sp³-hybridized carbons (Fsp3) is 0.364. The van der Waals surface area contributed by atoms with E-state index in [4.69, 9.17) is 0 Å². The van der Waals surface area contributed by atoms with Crippen molar-refractivity contribution in [1.29, 1.82) is 0 Å². The maximum absolute atomic E-state index is 4.65. The molecule has 2 heteroatoms. The molecule has 0 radical (unpaired) electrons. The van der Waals surface area contributed by atoms with Crippen LogP contribution in [0.4, 0.5) is 0 Å². The van der Waals surface area contributed by atoms with Crippen molar-refractivity contribution in [2.24, 2.45) is 7.05 Å². The van der Waals surface area contributed by atoms with E-state index in [1.54, 1.807) is 0 Å². The van der Waals surface area contributed by atoms with Gasteiger partial charge in [-0.3, -0.25) is 0 Å². The molecule has 1 heterocycles. The smallest absolute Gasteiger partial charge is 0.232 e. The number of aryl methyl sites for hydroxylation is 3. The highest BCUT2D eigenvalue weighted by molar-refractivity contribution is 5.91. The van der Waals surface area contributed by atoms with E-state index >= 15 is 0 Å². The molecule has 0 unspecified atom stereocenters. The van der Waals surface area contributed by atoms with E-state index in [1.165, 1.54) is 59.0 Å². The zero-order valence-corrected chi connectivity index (χ0v) is 14.8. The zero-order chi connectivity index (χ0) is 16.7. The highest BCUT2D eigenvalue weighted by Crippen LogP contribution is 2.36. The molecule has 0 aliphatic heterocycles. The highest BCUT2D eigenvalue weighted by Gasteiger charge is 2.21. The van der Waals surface area contributed by atoms with Gasteiger partial charge >= 0.3 is 0 Å². The third kappa shape index (κ3) is 2.60. The summed E-state index contributed by atoms with van der Waals surface area (Å²) < 4.78 is 2.17. The molecule has 2 nitrogen and oxygen atoms in total. The largest absolute Gasteiger partial charge is 0.287 e. The Hall–Kier alpha value is -2.22. The average Bonchev–Trinajstić information content (AvgIpc) is 3.11. The molecule has 0 N–H and O–H groups in total. The molecule has 24 heavy (non-hydrogen) atoms. The lowest BCUT2D eigenvalue weighted by Gasteiger charge is -2.13. The quantitative estimate of drug-likeness (QED) is 0.608. The van der Waals surface area contributed by atoms with E-state index in [1.807, 2.05) is 6.33 Å². The fourth-order valence-corrected chi connectivity index (χ4v) is 4.09. The predicted octanol–water partition coefficient (Wildman–Crippen LogP) is 5.00. The summed E-state index contributed by atoms with van der Waals surface area (Å²) in [4.78, 5) is 4.65. The molecule has 0 spiro atoms. The summed E-state index contributed by atoms with van der Waals surface area (Å²) in [6, 6.07) is 13.6. The van der Waals surface area contributed by atoms with Gasteiger partial charge in [0.15, 0.2) is 5.52 Å². The van der Waals surface area contributed by atoms with E-state index in [9.17, 15) is 0 Å². The first-order chi connectivity index (χ1) is 11.6. The van der Waals surface area contributed by atoms with Gasteiger partial charge in [-0.05, 0) is 66.9 Å². The van der Waals surface area contributed by atoms with Gasteiger partial charge in [0.2, 0.25) is 0 Å². The molecule has 0 saturated heterocycles. The lowest BCUT2D eigenvalue weighted by Crippen LogP contribution is -2.31. The number of rotatable bonds is 2. The average molecular weight is 317 g/mol. The monoisotopic (exact) mass is 317 g/mol. The second kappa shape index (κ2) is 6.01. The number of benzene rings is 2. The minimum absolute atomic E-state index is 0.728. The van der Waals surface area contributed by atoms with E-state index < -0.39 is 0 Å². The Morgan fingerprint density at radius 2 is 1.79 bits per heavy atom. The van der Waals surface area contributed by atoms with Gasteiger partial charge in [-0.2, -0.15) is 0 Å². The molecular weight excluding hydrogens is 292 g/mol. The van der Waals surface area contributed by atoms with Crippen molar-refractivity contribution in [3.8, 4) is 11.3 Å². The molecule has 122 valence electrons. The Labute approximate surface area is 144 Å². The van der Waals surface area contributed by atoms with Crippen LogP contribution in [0.5, 0.6) is 0 Å². The van der Waals surface area contributed by atoms with E-state index in [0.29, 0.717) is 0 Å². The molecular formula is C22H25N2+. The van der Waals surface area contributed by atoms with Gasteiger partial charge in [0, 0.05) is 5.56 Å². The second-order valence-electron chi connectivity index (χ2n) is 7.28. The van der Waals surface area contributed by atoms with Crippen LogP contribution in [0.1, 0.15) is 48.3 Å². The summed E-state index contributed by atoms with van der Waals surface area (Å²) in [5.74, 6) is 0.728. The molecule has 1 aromatic heterocycles. The highest BCUT2D eigenvalue weighted by atomic mass is 15.0. The topological polar surface area (TPSA) is 16.8 Å². The lowest BCUT2D eigenvalue weighted by molar-refractivity contribution is -0.662. The van der Waals surface area contributed by atoms with Gasteiger partial charge in [-0.15, -0.1) is 0 Å². The number of hydrogen-bond donors (Lipinski definition) is 0. The zero-order valence-electron chi connectivity index (χ0n) is 14.8. The van der Waals surface area contributed by atoms with Crippen LogP contribution >= 0.6 is 0 Å². The number of fused-ring (bicyclic) bond motifs is 1. The fourth-order valence-electron chi connectivity index (χ4n) is 4.09. The van der Waals surface area contributed by atoms with E-state index in [-0.39, 0.29) is 0 Å². The normalized spacial score (nSPS) is 15.3. The molecule has 2 aromatic carbocycles. The third-order valence-corrected chi connectivity index (χ3v) is 5.47. The van der Waals surface area contributed by atoms with Crippen LogP contribution in [0.15, 0.2) is 42.7 Å². The molecule has 1 fully saturated rings. The summed E-state index contributed by atoms with van der Waals surface area (Å²) in [5.41, 5.74) is 7.78. The van der Waals surface area contributed by atoms with Gasteiger partial charge in [0.1, 0.15) is 5.69 Å². The van der Waals surface area contributed by atoms with Crippen LogP contribution in [0.2, 0.25) is 0 Å². The van der Waals surface area contributed by atoms with Gasteiger partial charge in [-0.25, -0.2) is 4.57 Å². The Morgan fingerprint density at radius 3 is 2.58 bits per heavy atom. The van der Waals surface area contributed by atoms with Crippen LogP contribution in [0, 0.1) is 13.8 Å². The molecule has 0 atom stereocenters. The van der Waals surface area contributed by atoms with Crippen molar-refractivity contribution in [2.45, 2.75) is 45.4 Å². The summed E-state index contributed by atoms with van der Waals surface area (Å²) >= 11 is 0. The van der Waals surface area contributed by atoms with Crippen molar-refractivity contribution in [3.63, 3.8) is 0 Å². The van der Waals surface area contributed by atoms with Gasteiger partial charge in [0.05, 0.1) is 12.4 Å². The van der Waals surface area contributed by atoms with Crippen molar-refractivity contribution < 1.29 is 4.57 Å². The van der Waals surface area contributed by atoms with Gasteiger partial charge in [-0.1, -0.05) is 36.6 Å². The first-order valence-corrected chi connectivity index (χ1v) is 8.99. The van der Waals surface area contributed by atoms with Gasteiger partial charge < -0.3 is 0 Å². The van der Waals surface area contributed by atoms with E-state index in [2.05, 4.69) is 66.8 Å². The van der Waals surface area contributed by atoms with Crippen molar-refractivity contribution in [3.05, 3.63) is 59.4 Å². The minimum Gasteiger partial charge on any atom is -0.232 e. The Balaban J connectivity index is 1.97. The Morgan fingerprint density at radius 1 is 1.00 bits per heavy atom. The molecule has 1 aliphatic rings.